The average Bonchev–Trinajstić information content (AvgIpc) is 3.29. The molecule has 0 amide bonds. The fraction of sp³-hybridized carbons (Fsp3) is 0.259. The Morgan fingerprint density at radius 1 is 0.758 bits per heavy atom. The standard InChI is InChI=1S/C27H22Br2O4/c1-3-32-25(30)21-9-15-13-27(14-16(15)10-22(21)26(31)33-4-2)23-11-17(28)5-7-19(23)20-8-6-18(29)12-24(20)27/h5-12H,3-4,13-14H2,1-2H3. The van der Waals surface area contributed by atoms with E-state index in [-0.39, 0.29) is 29.8 Å². The van der Waals surface area contributed by atoms with Crippen LogP contribution in [0, 0.1) is 0 Å². The predicted molar refractivity (Wildman–Crippen MR) is 134 cm³/mol. The average molecular weight is 570 g/mol. The molecule has 0 fully saturated rings. The molecule has 6 heteroatoms. The van der Waals surface area contributed by atoms with Crippen molar-refractivity contribution in [1.82, 2.24) is 0 Å². The van der Waals surface area contributed by atoms with Gasteiger partial charge in [-0.15, -0.1) is 0 Å². The maximum absolute atomic E-state index is 12.7. The van der Waals surface area contributed by atoms with Crippen molar-refractivity contribution in [3.05, 3.63) is 90.9 Å². The molecule has 0 radical (unpaired) electrons. The quantitative estimate of drug-likeness (QED) is 0.331. The molecule has 0 N–H and O–H groups in total. The minimum atomic E-state index is -0.498. The van der Waals surface area contributed by atoms with Crippen LogP contribution in [0.15, 0.2) is 57.5 Å². The molecule has 0 heterocycles. The number of esters is 2. The van der Waals surface area contributed by atoms with Gasteiger partial charge in [-0.2, -0.15) is 0 Å². The van der Waals surface area contributed by atoms with Crippen molar-refractivity contribution in [2.45, 2.75) is 32.1 Å². The Hall–Kier alpha value is -2.44. The monoisotopic (exact) mass is 568 g/mol. The Balaban J connectivity index is 1.69. The third-order valence-electron chi connectivity index (χ3n) is 6.60. The van der Waals surface area contributed by atoms with E-state index in [9.17, 15) is 9.59 Å². The molecule has 2 aliphatic rings. The summed E-state index contributed by atoms with van der Waals surface area (Å²) in [7, 11) is 0. The highest BCUT2D eigenvalue weighted by molar-refractivity contribution is 9.10. The van der Waals surface area contributed by atoms with E-state index in [1.54, 1.807) is 13.8 Å². The summed E-state index contributed by atoms with van der Waals surface area (Å²) in [6.45, 7) is 3.99. The Morgan fingerprint density at radius 3 is 1.58 bits per heavy atom. The molecule has 0 saturated heterocycles. The van der Waals surface area contributed by atoms with Crippen molar-refractivity contribution in [3.63, 3.8) is 0 Å². The fourth-order valence-electron chi connectivity index (χ4n) is 5.31. The molecule has 168 valence electrons. The highest BCUT2D eigenvalue weighted by Gasteiger charge is 2.48. The summed E-state index contributed by atoms with van der Waals surface area (Å²) >= 11 is 7.31. The van der Waals surface area contributed by atoms with Crippen LogP contribution in [-0.2, 0) is 27.7 Å². The van der Waals surface area contributed by atoms with E-state index >= 15 is 0 Å². The SMILES string of the molecule is CCOC(=O)c1cc2c(cc1C(=O)OCC)CC1(C2)c2cc(Br)ccc2-c2ccc(Br)cc21. The maximum atomic E-state index is 12.7. The lowest BCUT2D eigenvalue weighted by atomic mass is 9.75. The smallest absolute Gasteiger partial charge is 0.339 e. The zero-order chi connectivity index (χ0) is 23.3. The van der Waals surface area contributed by atoms with Crippen LogP contribution in [0.4, 0.5) is 0 Å². The summed E-state index contributed by atoms with van der Waals surface area (Å²) in [6, 6.07) is 16.5. The van der Waals surface area contributed by atoms with E-state index in [0.29, 0.717) is 0 Å². The van der Waals surface area contributed by atoms with Crippen LogP contribution in [0.25, 0.3) is 11.1 Å². The summed E-state index contributed by atoms with van der Waals surface area (Å²) < 4.78 is 12.6. The second-order valence-electron chi connectivity index (χ2n) is 8.42. The maximum Gasteiger partial charge on any atom is 0.339 e. The molecule has 4 nitrogen and oxygen atoms in total. The van der Waals surface area contributed by atoms with E-state index in [2.05, 4.69) is 68.3 Å². The molecule has 1 spiro atoms. The van der Waals surface area contributed by atoms with Crippen molar-refractivity contribution < 1.29 is 19.1 Å². The Bertz CT molecular complexity index is 1210. The first-order chi connectivity index (χ1) is 15.9. The number of carbonyl (C=O) groups is 2. The van der Waals surface area contributed by atoms with Crippen molar-refractivity contribution >= 4 is 43.8 Å². The van der Waals surface area contributed by atoms with Gasteiger partial charge in [0.25, 0.3) is 0 Å². The number of hydrogen-bond donors (Lipinski definition) is 0. The van der Waals surface area contributed by atoms with Gasteiger partial charge >= 0.3 is 11.9 Å². The lowest BCUT2D eigenvalue weighted by Gasteiger charge is -2.27. The second-order valence-corrected chi connectivity index (χ2v) is 10.3. The van der Waals surface area contributed by atoms with E-state index in [1.165, 1.54) is 22.3 Å². The molecule has 0 bridgehead atoms. The number of halogens is 2. The first-order valence-electron chi connectivity index (χ1n) is 11.0. The Morgan fingerprint density at radius 2 is 1.18 bits per heavy atom. The van der Waals surface area contributed by atoms with E-state index in [0.717, 1.165) is 32.9 Å². The zero-order valence-corrected chi connectivity index (χ0v) is 21.5. The number of rotatable bonds is 4. The molecular weight excluding hydrogens is 548 g/mol. The number of ether oxygens (including phenoxy) is 2. The summed E-state index contributed by atoms with van der Waals surface area (Å²) in [4.78, 5) is 25.5. The van der Waals surface area contributed by atoms with Gasteiger partial charge in [-0.3, -0.25) is 0 Å². The lowest BCUT2D eigenvalue weighted by Crippen LogP contribution is -2.25. The third-order valence-corrected chi connectivity index (χ3v) is 7.59. The largest absolute Gasteiger partial charge is 0.462 e. The number of hydrogen-bond acceptors (Lipinski definition) is 4. The Labute approximate surface area is 209 Å². The van der Waals surface area contributed by atoms with Crippen LogP contribution < -0.4 is 0 Å². The summed E-state index contributed by atoms with van der Waals surface area (Å²) in [6.07, 6.45) is 1.48. The first-order valence-corrected chi connectivity index (χ1v) is 12.6. The van der Waals surface area contributed by atoms with Gasteiger partial charge in [0.05, 0.1) is 24.3 Å². The fourth-order valence-corrected chi connectivity index (χ4v) is 6.03. The van der Waals surface area contributed by atoms with Crippen molar-refractivity contribution in [3.8, 4) is 11.1 Å². The molecule has 0 saturated carbocycles. The molecule has 0 atom stereocenters. The van der Waals surface area contributed by atoms with Gasteiger partial charge in [-0.1, -0.05) is 44.0 Å². The van der Waals surface area contributed by atoms with Crippen LogP contribution in [-0.4, -0.2) is 25.2 Å². The van der Waals surface area contributed by atoms with Gasteiger partial charge in [-0.05, 0) is 96.5 Å². The van der Waals surface area contributed by atoms with Gasteiger partial charge in [0.1, 0.15) is 0 Å². The minimum absolute atomic E-state index is 0.241. The van der Waals surface area contributed by atoms with Gasteiger partial charge < -0.3 is 9.47 Å². The van der Waals surface area contributed by atoms with Crippen LogP contribution in [0.5, 0.6) is 0 Å². The predicted octanol–water partition coefficient (Wildman–Crippen LogP) is 6.63. The number of fused-ring (bicyclic) bond motifs is 6. The Kier molecular flexibility index (Phi) is 5.69. The minimum Gasteiger partial charge on any atom is -0.462 e. The van der Waals surface area contributed by atoms with Gasteiger partial charge in [0, 0.05) is 14.4 Å². The van der Waals surface area contributed by atoms with Crippen molar-refractivity contribution in [2.24, 2.45) is 0 Å². The first kappa shape index (κ1) is 22.4. The van der Waals surface area contributed by atoms with Crippen molar-refractivity contribution in [1.29, 1.82) is 0 Å². The lowest BCUT2D eigenvalue weighted by molar-refractivity contribution is 0.0478. The zero-order valence-electron chi connectivity index (χ0n) is 18.3. The number of benzene rings is 3. The van der Waals surface area contributed by atoms with Crippen LogP contribution in [0.1, 0.15) is 56.8 Å². The van der Waals surface area contributed by atoms with Crippen molar-refractivity contribution in [2.75, 3.05) is 13.2 Å². The molecule has 5 rings (SSSR count). The molecule has 0 unspecified atom stereocenters. The van der Waals surface area contributed by atoms with Gasteiger partial charge in [0.2, 0.25) is 0 Å². The highest BCUT2D eigenvalue weighted by atomic mass is 79.9. The topological polar surface area (TPSA) is 52.6 Å². The molecule has 33 heavy (non-hydrogen) atoms. The molecule has 0 aromatic heterocycles. The molecule has 3 aromatic carbocycles. The molecule has 2 aliphatic carbocycles. The summed E-state index contributed by atoms with van der Waals surface area (Å²) in [5.74, 6) is -0.996. The summed E-state index contributed by atoms with van der Waals surface area (Å²) in [5, 5.41) is 0. The number of carbonyl (C=O) groups excluding carboxylic acids is 2. The van der Waals surface area contributed by atoms with Gasteiger partial charge in [-0.25, -0.2) is 9.59 Å². The molecule has 3 aromatic rings. The molecule has 0 aliphatic heterocycles. The second kappa shape index (κ2) is 8.41. The van der Waals surface area contributed by atoms with Crippen LogP contribution in [0.2, 0.25) is 0 Å². The van der Waals surface area contributed by atoms with E-state index < -0.39 is 11.9 Å². The van der Waals surface area contributed by atoms with E-state index in [1.807, 2.05) is 12.1 Å². The third kappa shape index (κ3) is 3.55. The highest BCUT2D eigenvalue weighted by Crippen LogP contribution is 2.56. The van der Waals surface area contributed by atoms with E-state index in [4.69, 9.17) is 9.47 Å². The van der Waals surface area contributed by atoms with Crippen LogP contribution in [0.3, 0.4) is 0 Å². The normalized spacial score (nSPS) is 14.5. The molecular formula is C27H22Br2O4. The van der Waals surface area contributed by atoms with Crippen LogP contribution >= 0.6 is 31.9 Å². The summed E-state index contributed by atoms with van der Waals surface area (Å²) in [5.41, 5.74) is 7.37. The van der Waals surface area contributed by atoms with Gasteiger partial charge in [0.15, 0.2) is 0 Å².